The van der Waals surface area contributed by atoms with Crippen molar-refractivity contribution in [1.29, 1.82) is 0 Å². The van der Waals surface area contributed by atoms with Crippen molar-refractivity contribution < 1.29 is 0 Å². The van der Waals surface area contributed by atoms with E-state index in [0.29, 0.717) is 0 Å². The van der Waals surface area contributed by atoms with E-state index in [-0.39, 0.29) is 0 Å². The van der Waals surface area contributed by atoms with Gasteiger partial charge in [-0.25, -0.2) is 0 Å². The maximum atomic E-state index is 2.59. The van der Waals surface area contributed by atoms with E-state index < -0.39 is 0 Å². The SMILES string of the molecule is C/C=C/CN1CCCCCC1C. The van der Waals surface area contributed by atoms with Crippen LogP contribution in [-0.4, -0.2) is 24.0 Å². The predicted molar refractivity (Wildman–Crippen MR) is 54.3 cm³/mol. The Bertz CT molecular complexity index is 140. The molecule has 0 N–H and O–H groups in total. The Kier molecular flexibility index (Phi) is 4.37. The second-order valence-electron chi connectivity index (χ2n) is 3.76. The van der Waals surface area contributed by atoms with Gasteiger partial charge in [-0.3, -0.25) is 4.90 Å². The van der Waals surface area contributed by atoms with Gasteiger partial charge in [0.2, 0.25) is 0 Å². The van der Waals surface area contributed by atoms with Gasteiger partial charge in [0.25, 0.3) is 0 Å². The Labute approximate surface area is 76.5 Å². The molecule has 1 nitrogen and oxygen atoms in total. The van der Waals surface area contributed by atoms with Gasteiger partial charge in [-0.15, -0.1) is 0 Å². The maximum Gasteiger partial charge on any atom is 0.0165 e. The summed E-state index contributed by atoms with van der Waals surface area (Å²) in [5.74, 6) is 0. The van der Waals surface area contributed by atoms with Gasteiger partial charge in [0.1, 0.15) is 0 Å². The van der Waals surface area contributed by atoms with Crippen LogP contribution in [0, 0.1) is 0 Å². The highest BCUT2D eigenvalue weighted by Gasteiger charge is 2.14. The van der Waals surface area contributed by atoms with Crippen LogP contribution in [0.2, 0.25) is 0 Å². The zero-order valence-electron chi connectivity index (χ0n) is 8.42. The van der Waals surface area contributed by atoms with Crippen molar-refractivity contribution in [3.8, 4) is 0 Å². The van der Waals surface area contributed by atoms with E-state index in [0.717, 1.165) is 12.6 Å². The number of rotatable bonds is 2. The number of hydrogen-bond donors (Lipinski definition) is 0. The van der Waals surface area contributed by atoms with E-state index >= 15 is 0 Å². The molecular weight excluding hydrogens is 146 g/mol. The number of allylic oxidation sites excluding steroid dienone is 1. The summed E-state index contributed by atoms with van der Waals surface area (Å²) in [5, 5.41) is 0. The van der Waals surface area contributed by atoms with Crippen LogP contribution in [0.4, 0.5) is 0 Å². The number of likely N-dealkylation sites (tertiary alicyclic amines) is 1. The molecule has 1 aliphatic rings. The number of nitrogens with zero attached hydrogens (tertiary/aromatic N) is 1. The van der Waals surface area contributed by atoms with Crippen molar-refractivity contribution in [3.63, 3.8) is 0 Å². The van der Waals surface area contributed by atoms with Gasteiger partial charge in [0, 0.05) is 12.6 Å². The van der Waals surface area contributed by atoms with Crippen LogP contribution in [0.25, 0.3) is 0 Å². The quantitative estimate of drug-likeness (QED) is 0.572. The molecule has 0 aromatic rings. The third-order valence-electron chi connectivity index (χ3n) is 2.77. The lowest BCUT2D eigenvalue weighted by Crippen LogP contribution is -2.32. The molecule has 0 radical (unpaired) electrons. The predicted octanol–water partition coefficient (Wildman–Crippen LogP) is 2.83. The highest BCUT2D eigenvalue weighted by Crippen LogP contribution is 2.15. The Morgan fingerprint density at radius 3 is 2.92 bits per heavy atom. The molecule has 12 heavy (non-hydrogen) atoms. The summed E-state index contributed by atoms with van der Waals surface area (Å²) in [5.41, 5.74) is 0. The van der Waals surface area contributed by atoms with Crippen molar-refractivity contribution >= 4 is 0 Å². The first-order valence-corrected chi connectivity index (χ1v) is 5.20. The second kappa shape index (κ2) is 5.36. The molecule has 1 unspecified atom stereocenters. The summed E-state index contributed by atoms with van der Waals surface area (Å²) in [6, 6.07) is 0.795. The normalized spacial score (nSPS) is 27.7. The van der Waals surface area contributed by atoms with Crippen molar-refractivity contribution in [2.45, 2.75) is 45.6 Å². The summed E-state index contributed by atoms with van der Waals surface area (Å²) in [6.45, 7) is 6.90. The van der Waals surface area contributed by atoms with Crippen molar-refractivity contribution in [2.75, 3.05) is 13.1 Å². The van der Waals surface area contributed by atoms with Crippen LogP contribution in [0.15, 0.2) is 12.2 Å². The van der Waals surface area contributed by atoms with Crippen LogP contribution in [0.3, 0.4) is 0 Å². The fraction of sp³-hybridized carbons (Fsp3) is 0.818. The summed E-state index contributed by atoms with van der Waals surface area (Å²) in [4.78, 5) is 2.59. The molecule has 0 saturated carbocycles. The molecule has 1 heteroatoms. The lowest BCUT2D eigenvalue weighted by Gasteiger charge is -2.25. The Balaban J connectivity index is 2.36. The van der Waals surface area contributed by atoms with Gasteiger partial charge < -0.3 is 0 Å². The average Bonchev–Trinajstić information content (AvgIpc) is 2.27. The van der Waals surface area contributed by atoms with Crippen LogP contribution >= 0.6 is 0 Å². The van der Waals surface area contributed by atoms with Crippen LogP contribution < -0.4 is 0 Å². The molecule has 0 aliphatic carbocycles. The van der Waals surface area contributed by atoms with Gasteiger partial charge in [0.05, 0.1) is 0 Å². The lowest BCUT2D eigenvalue weighted by atomic mass is 10.1. The summed E-state index contributed by atoms with van der Waals surface area (Å²) < 4.78 is 0. The smallest absolute Gasteiger partial charge is 0.0165 e. The first kappa shape index (κ1) is 9.79. The molecular formula is C11H21N. The van der Waals surface area contributed by atoms with Crippen LogP contribution in [0.5, 0.6) is 0 Å². The van der Waals surface area contributed by atoms with E-state index in [9.17, 15) is 0 Å². The van der Waals surface area contributed by atoms with Gasteiger partial charge in [0.15, 0.2) is 0 Å². The number of hydrogen-bond acceptors (Lipinski definition) is 1. The second-order valence-corrected chi connectivity index (χ2v) is 3.76. The standard InChI is InChI=1S/C11H21N/c1-3-4-9-12-10-7-5-6-8-11(12)2/h3-4,11H,5-10H2,1-2H3/b4-3+. The molecule has 0 amide bonds. The van der Waals surface area contributed by atoms with Gasteiger partial charge in [-0.05, 0) is 33.2 Å². The van der Waals surface area contributed by atoms with E-state index in [2.05, 4.69) is 30.9 Å². The molecule has 70 valence electrons. The fourth-order valence-corrected chi connectivity index (χ4v) is 1.85. The first-order valence-electron chi connectivity index (χ1n) is 5.20. The highest BCUT2D eigenvalue weighted by atomic mass is 15.1. The van der Waals surface area contributed by atoms with Crippen LogP contribution in [-0.2, 0) is 0 Å². The summed E-state index contributed by atoms with van der Waals surface area (Å²) in [7, 11) is 0. The lowest BCUT2D eigenvalue weighted by molar-refractivity contribution is 0.237. The monoisotopic (exact) mass is 167 g/mol. The maximum absolute atomic E-state index is 2.59. The minimum atomic E-state index is 0.795. The molecule has 0 aromatic carbocycles. The fourth-order valence-electron chi connectivity index (χ4n) is 1.85. The molecule has 1 aliphatic heterocycles. The van der Waals surface area contributed by atoms with Crippen molar-refractivity contribution in [2.24, 2.45) is 0 Å². The van der Waals surface area contributed by atoms with Crippen molar-refractivity contribution in [1.82, 2.24) is 4.90 Å². The molecule has 0 spiro atoms. The Morgan fingerprint density at radius 2 is 2.17 bits per heavy atom. The highest BCUT2D eigenvalue weighted by molar-refractivity contribution is 4.84. The molecule has 0 bridgehead atoms. The van der Waals surface area contributed by atoms with E-state index in [1.165, 1.54) is 32.2 Å². The third-order valence-corrected chi connectivity index (χ3v) is 2.77. The summed E-state index contributed by atoms with van der Waals surface area (Å²) >= 11 is 0. The van der Waals surface area contributed by atoms with E-state index in [1.807, 2.05) is 0 Å². The zero-order valence-corrected chi connectivity index (χ0v) is 8.42. The van der Waals surface area contributed by atoms with Gasteiger partial charge >= 0.3 is 0 Å². The van der Waals surface area contributed by atoms with Gasteiger partial charge in [-0.1, -0.05) is 25.0 Å². The Hall–Kier alpha value is -0.300. The molecule has 1 rings (SSSR count). The zero-order chi connectivity index (χ0) is 8.81. The Morgan fingerprint density at radius 1 is 1.33 bits per heavy atom. The largest absolute Gasteiger partial charge is 0.297 e. The molecule has 1 fully saturated rings. The third kappa shape index (κ3) is 2.98. The van der Waals surface area contributed by atoms with Crippen molar-refractivity contribution in [3.05, 3.63) is 12.2 Å². The van der Waals surface area contributed by atoms with E-state index in [4.69, 9.17) is 0 Å². The average molecular weight is 167 g/mol. The minimum absolute atomic E-state index is 0.795. The molecule has 1 saturated heterocycles. The molecule has 1 atom stereocenters. The topological polar surface area (TPSA) is 3.24 Å². The van der Waals surface area contributed by atoms with Crippen LogP contribution in [0.1, 0.15) is 39.5 Å². The van der Waals surface area contributed by atoms with Gasteiger partial charge in [-0.2, -0.15) is 0 Å². The summed E-state index contributed by atoms with van der Waals surface area (Å²) in [6.07, 6.45) is 10.0. The first-order chi connectivity index (χ1) is 5.84. The molecule has 0 aromatic heterocycles. The molecule has 1 heterocycles. The van der Waals surface area contributed by atoms with E-state index in [1.54, 1.807) is 0 Å². The minimum Gasteiger partial charge on any atom is -0.297 e.